The Morgan fingerprint density at radius 3 is 2.79 bits per heavy atom. The summed E-state index contributed by atoms with van der Waals surface area (Å²) >= 11 is 4.64. The Hall–Kier alpha value is -3.30. The van der Waals surface area contributed by atoms with Crippen LogP contribution < -0.4 is 10.1 Å². The van der Waals surface area contributed by atoms with Gasteiger partial charge in [0.15, 0.2) is 4.96 Å². The first-order valence-corrected chi connectivity index (χ1v) is 10.1. The minimum Gasteiger partial charge on any atom is -0.457 e. The molecule has 0 N–H and O–H groups in total. The Kier molecular flexibility index (Phi) is 4.07. The Morgan fingerprint density at radius 2 is 2.00 bits per heavy atom. The highest BCUT2D eigenvalue weighted by atomic mass is 79.9. The van der Waals surface area contributed by atoms with Crippen LogP contribution in [0.1, 0.15) is 5.76 Å². The smallest absolute Gasteiger partial charge is 0.275 e. The fourth-order valence-electron chi connectivity index (χ4n) is 3.13. The molecule has 0 aliphatic carbocycles. The van der Waals surface area contributed by atoms with Crippen molar-refractivity contribution < 1.29 is 9.34 Å². The summed E-state index contributed by atoms with van der Waals surface area (Å²) in [7, 11) is 0. The molecular weight excluding hydrogens is 458 g/mol. The number of thiazole rings is 1. The van der Waals surface area contributed by atoms with Gasteiger partial charge < -0.3 is 4.42 Å². The van der Waals surface area contributed by atoms with Gasteiger partial charge in [0.05, 0.1) is 16.0 Å². The lowest BCUT2D eigenvalue weighted by atomic mass is 10.1. The number of rotatable bonds is 3. The second-order valence-electron chi connectivity index (χ2n) is 6.26. The van der Waals surface area contributed by atoms with Crippen molar-refractivity contribution in [1.29, 1.82) is 0 Å². The zero-order valence-corrected chi connectivity index (χ0v) is 16.9. The first-order chi connectivity index (χ1) is 14.0. The maximum Gasteiger partial charge on any atom is 0.275 e. The van der Waals surface area contributed by atoms with Crippen LogP contribution in [-0.4, -0.2) is 14.3 Å². The number of imidazole rings is 1. The molecule has 29 heavy (non-hydrogen) atoms. The molecule has 142 valence electrons. The van der Waals surface area contributed by atoms with Gasteiger partial charge in [-0.3, -0.25) is 14.9 Å². The molecule has 5 aromatic rings. The van der Waals surface area contributed by atoms with E-state index >= 15 is 0 Å². The fraction of sp³-hybridized carbons (Fsp3) is 0. The Labute approximate surface area is 174 Å². The molecule has 0 bridgehead atoms. The lowest BCUT2D eigenvalue weighted by Crippen LogP contribution is -2.22. The van der Waals surface area contributed by atoms with Gasteiger partial charge in [-0.2, -0.15) is 0 Å². The van der Waals surface area contributed by atoms with E-state index in [-0.39, 0.29) is 11.2 Å². The lowest BCUT2D eigenvalue weighted by Gasteiger charge is -2.00. The van der Waals surface area contributed by atoms with Gasteiger partial charge in [-0.1, -0.05) is 23.5 Å². The Bertz CT molecular complexity index is 1530. The molecule has 5 rings (SSSR count). The molecule has 0 fully saturated rings. The third-order valence-corrected chi connectivity index (χ3v) is 6.10. The molecule has 0 saturated heterocycles. The van der Waals surface area contributed by atoms with Crippen molar-refractivity contribution in [3.8, 4) is 11.3 Å². The van der Waals surface area contributed by atoms with Crippen LogP contribution >= 0.6 is 27.3 Å². The van der Waals surface area contributed by atoms with Crippen molar-refractivity contribution >= 4 is 55.0 Å². The largest absolute Gasteiger partial charge is 0.457 e. The lowest BCUT2D eigenvalue weighted by molar-refractivity contribution is -0.384. The van der Waals surface area contributed by atoms with Crippen LogP contribution in [0.3, 0.4) is 0 Å². The van der Waals surface area contributed by atoms with Crippen LogP contribution in [0.4, 0.5) is 5.69 Å². The van der Waals surface area contributed by atoms with Crippen LogP contribution in [0, 0.1) is 10.1 Å². The molecule has 3 heterocycles. The van der Waals surface area contributed by atoms with E-state index in [0.29, 0.717) is 31.0 Å². The van der Waals surface area contributed by atoms with Crippen LogP contribution in [0.15, 0.2) is 68.3 Å². The molecule has 0 atom stereocenters. The van der Waals surface area contributed by atoms with E-state index in [9.17, 15) is 14.9 Å². The van der Waals surface area contributed by atoms with E-state index in [4.69, 9.17) is 4.42 Å². The average molecular weight is 468 g/mol. The van der Waals surface area contributed by atoms with E-state index < -0.39 is 4.92 Å². The van der Waals surface area contributed by atoms with Crippen molar-refractivity contribution in [3.63, 3.8) is 0 Å². The minimum atomic E-state index is -0.456. The number of hydrogen-bond donors (Lipinski definition) is 0. The number of nitro benzene ring substituents is 1. The van der Waals surface area contributed by atoms with Crippen LogP contribution in [0.5, 0.6) is 0 Å². The second-order valence-corrected chi connectivity index (χ2v) is 8.12. The Balaban J connectivity index is 1.58. The summed E-state index contributed by atoms with van der Waals surface area (Å²) in [5, 5.41) is 10.9. The van der Waals surface area contributed by atoms with Crippen LogP contribution in [-0.2, 0) is 0 Å². The van der Waals surface area contributed by atoms with Crippen molar-refractivity contribution in [2.24, 2.45) is 0 Å². The van der Waals surface area contributed by atoms with E-state index in [1.54, 1.807) is 28.7 Å². The van der Waals surface area contributed by atoms with E-state index in [2.05, 4.69) is 20.9 Å². The topological polar surface area (TPSA) is 90.6 Å². The zero-order chi connectivity index (χ0) is 20.1. The zero-order valence-electron chi connectivity index (χ0n) is 14.5. The summed E-state index contributed by atoms with van der Waals surface area (Å²) in [5.74, 6) is 1.05. The second kappa shape index (κ2) is 6.64. The number of hydrogen-bond acceptors (Lipinski definition) is 6. The van der Waals surface area contributed by atoms with Crippen molar-refractivity contribution in [2.45, 2.75) is 0 Å². The summed E-state index contributed by atoms with van der Waals surface area (Å²) in [4.78, 5) is 28.4. The molecule has 7 nitrogen and oxygen atoms in total. The predicted molar refractivity (Wildman–Crippen MR) is 114 cm³/mol. The fourth-order valence-corrected chi connectivity index (χ4v) is 4.66. The molecule has 0 spiro atoms. The van der Waals surface area contributed by atoms with Gasteiger partial charge in [0, 0.05) is 28.2 Å². The highest BCUT2D eigenvalue weighted by Crippen LogP contribution is 2.32. The van der Waals surface area contributed by atoms with Gasteiger partial charge in [0.1, 0.15) is 16.1 Å². The van der Waals surface area contributed by atoms with Gasteiger partial charge in [-0.05, 0) is 46.3 Å². The number of furan rings is 1. The number of nitro groups is 1. The monoisotopic (exact) mass is 467 g/mol. The van der Waals surface area contributed by atoms with E-state index in [1.807, 2.05) is 24.3 Å². The third kappa shape index (κ3) is 2.95. The molecule has 0 saturated carbocycles. The summed E-state index contributed by atoms with van der Waals surface area (Å²) in [6.45, 7) is 0. The van der Waals surface area contributed by atoms with Crippen LogP contribution in [0.25, 0.3) is 33.4 Å². The van der Waals surface area contributed by atoms with E-state index in [0.717, 1.165) is 11.0 Å². The van der Waals surface area contributed by atoms with Crippen molar-refractivity contribution in [1.82, 2.24) is 9.38 Å². The number of non-ortho nitro benzene ring substituents is 1. The van der Waals surface area contributed by atoms with Crippen LogP contribution in [0.2, 0.25) is 0 Å². The molecule has 3 aromatic heterocycles. The molecule has 0 unspecified atom stereocenters. The number of benzene rings is 2. The molecular formula is C20H10BrN3O4S. The van der Waals surface area contributed by atoms with Gasteiger partial charge in [-0.25, -0.2) is 9.38 Å². The molecule has 0 aliphatic heterocycles. The predicted octanol–water partition coefficient (Wildman–Crippen LogP) is 4.39. The quantitative estimate of drug-likeness (QED) is 0.290. The molecule has 9 heteroatoms. The molecule has 2 aromatic carbocycles. The van der Waals surface area contributed by atoms with Gasteiger partial charge in [0.25, 0.3) is 11.2 Å². The number of fused-ring (bicyclic) bond motifs is 3. The van der Waals surface area contributed by atoms with E-state index in [1.165, 1.54) is 23.5 Å². The number of aromatic nitrogens is 2. The first kappa shape index (κ1) is 17.8. The Morgan fingerprint density at radius 1 is 1.17 bits per heavy atom. The average Bonchev–Trinajstić information content (AvgIpc) is 3.38. The first-order valence-electron chi connectivity index (χ1n) is 8.47. The third-order valence-electron chi connectivity index (χ3n) is 4.47. The number of para-hydroxylation sites is 2. The van der Waals surface area contributed by atoms with Gasteiger partial charge >= 0.3 is 0 Å². The number of halogens is 1. The van der Waals surface area contributed by atoms with Gasteiger partial charge in [0.2, 0.25) is 0 Å². The van der Waals surface area contributed by atoms with Crippen molar-refractivity contribution in [3.05, 3.63) is 89.8 Å². The summed E-state index contributed by atoms with van der Waals surface area (Å²) in [6.07, 6.45) is 1.68. The number of nitrogens with zero attached hydrogens (tertiary/aromatic N) is 3. The summed E-state index contributed by atoms with van der Waals surface area (Å²) in [6, 6.07) is 15.5. The normalized spacial score (nSPS) is 12.2. The molecule has 0 radical (unpaired) electrons. The van der Waals surface area contributed by atoms with Gasteiger partial charge in [-0.15, -0.1) is 0 Å². The molecule has 0 amide bonds. The maximum atomic E-state index is 12.8. The maximum absolute atomic E-state index is 12.8. The highest BCUT2D eigenvalue weighted by Gasteiger charge is 2.14. The van der Waals surface area contributed by atoms with Crippen molar-refractivity contribution in [2.75, 3.05) is 0 Å². The highest BCUT2D eigenvalue weighted by molar-refractivity contribution is 9.10. The molecule has 0 aliphatic rings. The summed E-state index contributed by atoms with van der Waals surface area (Å²) in [5.41, 5.74) is 2.09. The minimum absolute atomic E-state index is 0.0101. The standard InChI is InChI=1S/C20H10BrN3O4S/c21-14-9-11(24(26)27)5-7-13(14)17-8-6-12(28-17)10-18-19(25)23-16-4-2-1-3-15(16)22-20(23)29-18/h1-10H/b18-10+. The SMILES string of the molecule is O=c1/c(=C\c2ccc(-c3ccc([N+](=O)[O-])cc3Br)o2)sc2nc3ccccc3n12. The summed E-state index contributed by atoms with van der Waals surface area (Å²) < 4.78 is 8.52.